The van der Waals surface area contributed by atoms with Crippen molar-refractivity contribution in [1.82, 2.24) is 0 Å². The van der Waals surface area contributed by atoms with E-state index < -0.39 is 18.2 Å². The summed E-state index contributed by atoms with van der Waals surface area (Å²) in [7, 11) is 0. The highest BCUT2D eigenvalue weighted by Gasteiger charge is 2.17. The number of carbonyl (C=O) groups is 2. The highest BCUT2D eigenvalue weighted by molar-refractivity contribution is 5.69. The first kappa shape index (κ1) is 18.0. The highest BCUT2D eigenvalue weighted by Crippen LogP contribution is 2.16. The molecule has 0 heterocycles. The first-order valence-corrected chi connectivity index (χ1v) is 7.54. The van der Waals surface area contributed by atoms with Crippen LogP contribution in [0.2, 0.25) is 0 Å². The lowest BCUT2D eigenvalue weighted by molar-refractivity contribution is -0.177. The number of ether oxygens (including phenoxy) is 2. The van der Waals surface area contributed by atoms with Crippen LogP contribution < -0.4 is 0 Å². The molecule has 0 spiro atoms. The van der Waals surface area contributed by atoms with Crippen LogP contribution in [0.4, 0.5) is 0 Å². The maximum atomic E-state index is 11.1. The van der Waals surface area contributed by atoms with Gasteiger partial charge in [0, 0.05) is 19.4 Å². The molecule has 4 nitrogen and oxygen atoms in total. The number of carbonyl (C=O) groups excluding carboxylic acids is 2. The van der Waals surface area contributed by atoms with Gasteiger partial charge in [-0.25, -0.2) is 0 Å². The third-order valence-electron chi connectivity index (χ3n) is 3.08. The Labute approximate surface area is 132 Å². The Hall–Kier alpha value is -2.10. The molecule has 0 radical (unpaired) electrons. The fourth-order valence-corrected chi connectivity index (χ4v) is 2.06. The molecule has 0 saturated heterocycles. The largest absolute Gasteiger partial charge is 0.421 e. The molecule has 1 aromatic carbocycles. The van der Waals surface area contributed by atoms with Crippen molar-refractivity contribution in [3.63, 3.8) is 0 Å². The Kier molecular flexibility index (Phi) is 7.37. The monoisotopic (exact) mass is 304 g/mol. The van der Waals surface area contributed by atoms with Gasteiger partial charge in [-0.1, -0.05) is 37.6 Å². The third kappa shape index (κ3) is 6.57. The SMILES string of the molecule is CCCCc1cccc(/C=C(\C)C(OC(C)=O)OC(C)=O)c1. The zero-order valence-electron chi connectivity index (χ0n) is 13.7. The number of esters is 2. The summed E-state index contributed by atoms with van der Waals surface area (Å²) >= 11 is 0. The summed E-state index contributed by atoms with van der Waals surface area (Å²) in [5.74, 6) is -0.980. The topological polar surface area (TPSA) is 52.6 Å². The van der Waals surface area contributed by atoms with Crippen LogP contribution in [-0.4, -0.2) is 18.2 Å². The van der Waals surface area contributed by atoms with Crippen LogP contribution in [0.5, 0.6) is 0 Å². The average molecular weight is 304 g/mol. The van der Waals surface area contributed by atoms with Gasteiger partial charge in [-0.05, 0) is 37.0 Å². The molecule has 1 rings (SSSR count). The van der Waals surface area contributed by atoms with Gasteiger partial charge in [-0.2, -0.15) is 0 Å². The van der Waals surface area contributed by atoms with E-state index in [2.05, 4.69) is 19.1 Å². The predicted molar refractivity (Wildman–Crippen MR) is 86.0 cm³/mol. The third-order valence-corrected chi connectivity index (χ3v) is 3.08. The summed E-state index contributed by atoms with van der Waals surface area (Å²) in [6.45, 7) is 6.51. The molecule has 0 aromatic heterocycles. The Balaban J connectivity index is 2.91. The number of aryl methyl sites for hydroxylation is 1. The van der Waals surface area contributed by atoms with Crippen molar-refractivity contribution in [3.05, 3.63) is 41.0 Å². The number of hydrogen-bond acceptors (Lipinski definition) is 4. The van der Waals surface area contributed by atoms with Gasteiger partial charge < -0.3 is 9.47 Å². The molecule has 0 bridgehead atoms. The van der Waals surface area contributed by atoms with Crippen LogP contribution in [0.25, 0.3) is 6.08 Å². The second kappa shape index (κ2) is 9.03. The molecule has 120 valence electrons. The van der Waals surface area contributed by atoms with Crippen molar-refractivity contribution in [2.45, 2.75) is 53.2 Å². The minimum absolute atomic E-state index is 0.490. The number of unbranched alkanes of at least 4 members (excludes halogenated alkanes) is 1. The maximum absolute atomic E-state index is 11.1. The summed E-state index contributed by atoms with van der Waals surface area (Å²) in [6.07, 6.45) is 4.23. The van der Waals surface area contributed by atoms with Gasteiger partial charge in [0.15, 0.2) is 0 Å². The lowest BCUT2D eigenvalue weighted by Gasteiger charge is -2.17. The lowest BCUT2D eigenvalue weighted by atomic mass is 10.0. The second-order valence-electron chi connectivity index (χ2n) is 5.29. The van der Waals surface area contributed by atoms with Gasteiger partial charge in [-0.3, -0.25) is 9.59 Å². The summed E-state index contributed by atoms with van der Waals surface area (Å²) < 4.78 is 10.1. The first-order chi connectivity index (χ1) is 10.4. The van der Waals surface area contributed by atoms with E-state index in [0.29, 0.717) is 5.57 Å². The molecular formula is C18H24O4. The summed E-state index contributed by atoms with van der Waals surface area (Å²) in [4.78, 5) is 22.2. The Morgan fingerprint density at radius 1 is 1.14 bits per heavy atom. The van der Waals surface area contributed by atoms with E-state index >= 15 is 0 Å². The molecule has 0 amide bonds. The molecule has 1 aromatic rings. The van der Waals surface area contributed by atoms with Crippen molar-refractivity contribution in [2.24, 2.45) is 0 Å². The molecule has 0 saturated carbocycles. The maximum Gasteiger partial charge on any atom is 0.305 e. The molecular weight excluding hydrogens is 280 g/mol. The normalized spacial score (nSPS) is 11.4. The fourth-order valence-electron chi connectivity index (χ4n) is 2.06. The van der Waals surface area contributed by atoms with Crippen molar-refractivity contribution in [2.75, 3.05) is 0 Å². The zero-order valence-corrected chi connectivity index (χ0v) is 13.7. The molecule has 4 heteroatoms. The van der Waals surface area contributed by atoms with E-state index in [-0.39, 0.29) is 0 Å². The number of hydrogen-bond donors (Lipinski definition) is 0. The minimum atomic E-state index is -0.978. The van der Waals surface area contributed by atoms with Crippen LogP contribution >= 0.6 is 0 Å². The molecule has 0 aliphatic rings. The van der Waals surface area contributed by atoms with Crippen LogP contribution in [0, 0.1) is 0 Å². The van der Waals surface area contributed by atoms with E-state index in [1.165, 1.54) is 19.4 Å². The van der Waals surface area contributed by atoms with Gasteiger partial charge in [0.25, 0.3) is 6.29 Å². The van der Waals surface area contributed by atoms with Crippen molar-refractivity contribution < 1.29 is 19.1 Å². The van der Waals surface area contributed by atoms with Crippen LogP contribution in [0.3, 0.4) is 0 Å². The molecule has 0 N–H and O–H groups in total. The molecule has 0 atom stereocenters. The first-order valence-electron chi connectivity index (χ1n) is 7.54. The molecule has 22 heavy (non-hydrogen) atoms. The quantitative estimate of drug-likeness (QED) is 0.566. The summed E-state index contributed by atoms with van der Waals surface area (Å²) in [6, 6.07) is 8.16. The van der Waals surface area contributed by atoms with Gasteiger partial charge in [0.05, 0.1) is 0 Å². The van der Waals surface area contributed by atoms with E-state index in [0.717, 1.165) is 24.8 Å². The molecule has 0 aliphatic carbocycles. The van der Waals surface area contributed by atoms with Crippen LogP contribution in [0.15, 0.2) is 29.8 Å². The van der Waals surface area contributed by atoms with Crippen molar-refractivity contribution >= 4 is 18.0 Å². The number of rotatable bonds is 7. The predicted octanol–water partition coefficient (Wildman–Crippen LogP) is 3.88. The van der Waals surface area contributed by atoms with E-state index in [1.807, 2.05) is 18.2 Å². The Morgan fingerprint density at radius 2 is 1.77 bits per heavy atom. The van der Waals surface area contributed by atoms with Crippen LogP contribution in [0.1, 0.15) is 51.7 Å². The van der Waals surface area contributed by atoms with Gasteiger partial charge in [-0.15, -0.1) is 0 Å². The number of benzene rings is 1. The van der Waals surface area contributed by atoms with E-state index in [9.17, 15) is 9.59 Å². The molecule has 0 fully saturated rings. The Bertz CT molecular complexity index is 530. The molecule has 0 unspecified atom stereocenters. The minimum Gasteiger partial charge on any atom is -0.421 e. The summed E-state index contributed by atoms with van der Waals surface area (Å²) in [5, 5.41) is 0. The standard InChI is InChI=1S/C18H24O4/c1-5-6-8-16-9-7-10-17(12-16)11-13(2)18(21-14(3)19)22-15(4)20/h7,9-12,18H,5-6,8H2,1-4H3/b13-11+. The van der Waals surface area contributed by atoms with E-state index in [4.69, 9.17) is 9.47 Å². The van der Waals surface area contributed by atoms with Gasteiger partial charge in [0.1, 0.15) is 0 Å². The highest BCUT2D eigenvalue weighted by atomic mass is 16.7. The molecule has 0 aliphatic heterocycles. The van der Waals surface area contributed by atoms with Gasteiger partial charge >= 0.3 is 11.9 Å². The zero-order chi connectivity index (χ0) is 16.5. The summed E-state index contributed by atoms with van der Waals surface area (Å²) in [5.41, 5.74) is 2.92. The second-order valence-corrected chi connectivity index (χ2v) is 5.29. The smallest absolute Gasteiger partial charge is 0.305 e. The van der Waals surface area contributed by atoms with Crippen molar-refractivity contribution in [1.29, 1.82) is 0 Å². The van der Waals surface area contributed by atoms with E-state index in [1.54, 1.807) is 6.92 Å². The van der Waals surface area contributed by atoms with Crippen LogP contribution in [-0.2, 0) is 25.5 Å². The Morgan fingerprint density at radius 3 is 2.32 bits per heavy atom. The fraction of sp³-hybridized carbons (Fsp3) is 0.444. The van der Waals surface area contributed by atoms with Gasteiger partial charge in [0.2, 0.25) is 0 Å². The van der Waals surface area contributed by atoms with Crippen molar-refractivity contribution in [3.8, 4) is 0 Å². The average Bonchev–Trinajstić information content (AvgIpc) is 2.43. The lowest BCUT2D eigenvalue weighted by Crippen LogP contribution is -2.23.